The van der Waals surface area contributed by atoms with Crippen LogP contribution >= 0.6 is 11.6 Å². The number of benzene rings is 1. The Labute approximate surface area is 123 Å². The van der Waals surface area contributed by atoms with Crippen LogP contribution in [0.1, 0.15) is 42.5 Å². The third-order valence-corrected chi connectivity index (χ3v) is 3.17. The molecule has 1 aromatic rings. The van der Waals surface area contributed by atoms with Crippen molar-refractivity contribution in [1.82, 2.24) is 0 Å². The highest BCUT2D eigenvalue weighted by Crippen LogP contribution is 2.23. The molecule has 0 aliphatic carbocycles. The number of carbonyl (C=O) groups excluding carboxylic acids is 1. The lowest BCUT2D eigenvalue weighted by atomic mass is 10.1. The first-order valence-electron chi connectivity index (χ1n) is 6.57. The molecule has 110 valence electrons. The number of nitrogens with two attached hydrogens (primary N) is 1. The van der Waals surface area contributed by atoms with Crippen molar-refractivity contribution in [2.75, 3.05) is 11.9 Å². The minimum absolute atomic E-state index is 0.0904. The van der Waals surface area contributed by atoms with Gasteiger partial charge in [-0.3, -0.25) is 4.79 Å². The summed E-state index contributed by atoms with van der Waals surface area (Å²) in [7, 11) is 0. The van der Waals surface area contributed by atoms with E-state index in [-0.39, 0.29) is 11.5 Å². The van der Waals surface area contributed by atoms with Crippen LogP contribution in [0.25, 0.3) is 0 Å². The van der Waals surface area contributed by atoms with Gasteiger partial charge in [-0.1, -0.05) is 24.4 Å². The maximum atomic E-state index is 11.7. The van der Waals surface area contributed by atoms with Crippen LogP contribution in [0, 0.1) is 0 Å². The Morgan fingerprint density at radius 1 is 1.20 bits per heavy atom. The van der Waals surface area contributed by atoms with Gasteiger partial charge in [0, 0.05) is 6.42 Å². The SMILES string of the molecule is NCCCCCCC(=O)Nc1cc(C(=O)O)ccc1Cl. The van der Waals surface area contributed by atoms with Gasteiger partial charge in [0.1, 0.15) is 0 Å². The number of rotatable bonds is 8. The minimum Gasteiger partial charge on any atom is -0.478 e. The smallest absolute Gasteiger partial charge is 0.335 e. The molecule has 0 aliphatic rings. The van der Waals surface area contributed by atoms with Gasteiger partial charge < -0.3 is 16.2 Å². The first-order valence-corrected chi connectivity index (χ1v) is 6.95. The average molecular weight is 299 g/mol. The summed E-state index contributed by atoms with van der Waals surface area (Å²) in [5.74, 6) is -1.22. The molecular formula is C14H19ClN2O3. The second-order valence-electron chi connectivity index (χ2n) is 4.50. The van der Waals surface area contributed by atoms with Crippen LogP contribution in [0.2, 0.25) is 5.02 Å². The summed E-state index contributed by atoms with van der Waals surface area (Å²) in [5.41, 5.74) is 5.81. The standard InChI is InChI=1S/C14H19ClN2O3/c15-11-7-6-10(14(19)20)9-12(11)17-13(18)5-3-1-2-4-8-16/h6-7,9H,1-5,8,16H2,(H,17,18)(H,19,20). The Balaban J connectivity index is 2.49. The Hall–Kier alpha value is -1.59. The summed E-state index contributed by atoms with van der Waals surface area (Å²) in [5, 5.41) is 11.9. The van der Waals surface area contributed by atoms with Crippen LogP contribution in [0.5, 0.6) is 0 Å². The summed E-state index contributed by atoms with van der Waals surface area (Å²) < 4.78 is 0. The first-order chi connectivity index (χ1) is 9.54. The molecule has 0 saturated heterocycles. The Bertz CT molecular complexity index is 477. The number of carboxylic acids is 1. The van der Waals surface area contributed by atoms with Gasteiger partial charge >= 0.3 is 5.97 Å². The third-order valence-electron chi connectivity index (χ3n) is 2.85. The number of aromatic carboxylic acids is 1. The van der Waals surface area contributed by atoms with Crippen molar-refractivity contribution in [1.29, 1.82) is 0 Å². The quantitative estimate of drug-likeness (QED) is 0.643. The Morgan fingerprint density at radius 2 is 1.90 bits per heavy atom. The highest BCUT2D eigenvalue weighted by Gasteiger charge is 2.09. The van der Waals surface area contributed by atoms with Gasteiger partial charge in [0.15, 0.2) is 0 Å². The molecule has 0 aliphatic heterocycles. The number of nitrogens with one attached hydrogen (secondary N) is 1. The van der Waals surface area contributed by atoms with E-state index in [0.29, 0.717) is 23.7 Å². The van der Waals surface area contributed by atoms with Crippen LogP contribution in [0.15, 0.2) is 18.2 Å². The first kappa shape index (κ1) is 16.5. The summed E-state index contributed by atoms with van der Waals surface area (Å²) in [6.45, 7) is 0.670. The van der Waals surface area contributed by atoms with Gasteiger partial charge in [-0.25, -0.2) is 4.79 Å². The predicted molar refractivity (Wildman–Crippen MR) is 79.2 cm³/mol. The molecular weight excluding hydrogens is 280 g/mol. The number of hydrogen-bond acceptors (Lipinski definition) is 3. The van der Waals surface area contributed by atoms with E-state index in [0.717, 1.165) is 25.7 Å². The summed E-state index contributed by atoms with van der Waals surface area (Å²) >= 11 is 5.93. The van der Waals surface area contributed by atoms with Crippen LogP contribution in [0.4, 0.5) is 5.69 Å². The van der Waals surface area contributed by atoms with E-state index in [1.165, 1.54) is 18.2 Å². The fraction of sp³-hybridized carbons (Fsp3) is 0.429. The number of unbranched alkanes of at least 4 members (excludes halogenated alkanes) is 3. The number of carbonyl (C=O) groups is 2. The van der Waals surface area contributed by atoms with Crippen molar-refractivity contribution in [3.05, 3.63) is 28.8 Å². The van der Waals surface area contributed by atoms with Crippen molar-refractivity contribution in [2.24, 2.45) is 5.73 Å². The van der Waals surface area contributed by atoms with Crippen molar-refractivity contribution < 1.29 is 14.7 Å². The lowest BCUT2D eigenvalue weighted by molar-refractivity contribution is -0.116. The summed E-state index contributed by atoms with van der Waals surface area (Å²) in [6.07, 6.45) is 4.10. The number of hydrogen-bond donors (Lipinski definition) is 3. The fourth-order valence-corrected chi connectivity index (χ4v) is 1.92. The third kappa shape index (κ3) is 5.59. The molecule has 5 nitrogen and oxygen atoms in total. The molecule has 0 atom stereocenters. The number of amides is 1. The number of halogens is 1. The lowest BCUT2D eigenvalue weighted by Gasteiger charge is -2.08. The minimum atomic E-state index is -1.06. The molecule has 0 heterocycles. The van der Waals surface area contributed by atoms with Crippen LogP contribution in [-0.2, 0) is 4.79 Å². The van der Waals surface area contributed by atoms with Gasteiger partial charge in [-0.15, -0.1) is 0 Å². The monoisotopic (exact) mass is 298 g/mol. The molecule has 0 aromatic heterocycles. The zero-order valence-electron chi connectivity index (χ0n) is 11.2. The highest BCUT2D eigenvalue weighted by atomic mass is 35.5. The van der Waals surface area contributed by atoms with Crippen molar-refractivity contribution in [2.45, 2.75) is 32.1 Å². The van der Waals surface area contributed by atoms with Crippen LogP contribution in [0.3, 0.4) is 0 Å². The van der Waals surface area contributed by atoms with E-state index in [4.69, 9.17) is 22.4 Å². The molecule has 1 aromatic carbocycles. The largest absolute Gasteiger partial charge is 0.478 e. The Morgan fingerprint density at radius 3 is 2.55 bits per heavy atom. The molecule has 20 heavy (non-hydrogen) atoms. The topological polar surface area (TPSA) is 92.4 Å². The van der Waals surface area contributed by atoms with Gasteiger partial charge in [-0.2, -0.15) is 0 Å². The lowest BCUT2D eigenvalue weighted by Crippen LogP contribution is -2.12. The van der Waals surface area contributed by atoms with Crippen molar-refractivity contribution in [3.63, 3.8) is 0 Å². The van der Waals surface area contributed by atoms with Gasteiger partial charge in [0.05, 0.1) is 16.3 Å². The zero-order chi connectivity index (χ0) is 15.0. The second-order valence-corrected chi connectivity index (χ2v) is 4.91. The normalized spacial score (nSPS) is 10.3. The average Bonchev–Trinajstić information content (AvgIpc) is 2.40. The van der Waals surface area contributed by atoms with E-state index in [1.807, 2.05) is 0 Å². The molecule has 0 bridgehead atoms. The van der Waals surface area contributed by atoms with E-state index in [1.54, 1.807) is 0 Å². The van der Waals surface area contributed by atoms with E-state index >= 15 is 0 Å². The molecule has 0 spiro atoms. The van der Waals surface area contributed by atoms with Gasteiger partial charge in [0.2, 0.25) is 5.91 Å². The van der Waals surface area contributed by atoms with E-state index < -0.39 is 5.97 Å². The van der Waals surface area contributed by atoms with Gasteiger partial charge in [-0.05, 0) is 37.6 Å². The molecule has 6 heteroatoms. The van der Waals surface area contributed by atoms with Crippen molar-refractivity contribution >= 4 is 29.2 Å². The molecule has 1 amide bonds. The van der Waals surface area contributed by atoms with Crippen LogP contribution < -0.4 is 11.1 Å². The molecule has 0 fully saturated rings. The molecule has 0 radical (unpaired) electrons. The fourth-order valence-electron chi connectivity index (χ4n) is 1.75. The van der Waals surface area contributed by atoms with Crippen molar-refractivity contribution in [3.8, 4) is 0 Å². The molecule has 0 saturated carbocycles. The predicted octanol–water partition coefficient (Wildman–Crippen LogP) is 2.89. The number of anilines is 1. The summed E-state index contributed by atoms with van der Waals surface area (Å²) in [6, 6.07) is 4.21. The zero-order valence-corrected chi connectivity index (χ0v) is 11.9. The van der Waals surface area contributed by atoms with Gasteiger partial charge in [0.25, 0.3) is 0 Å². The second kappa shape index (κ2) is 8.55. The number of carboxylic acid groups (broad SMARTS) is 1. The molecule has 0 unspecified atom stereocenters. The maximum Gasteiger partial charge on any atom is 0.335 e. The van der Waals surface area contributed by atoms with Crippen LogP contribution in [-0.4, -0.2) is 23.5 Å². The maximum absolute atomic E-state index is 11.7. The summed E-state index contributed by atoms with van der Waals surface area (Å²) in [4.78, 5) is 22.6. The van der Waals surface area contributed by atoms with E-state index in [9.17, 15) is 9.59 Å². The Kier molecular flexibility index (Phi) is 7.04. The molecule has 1 rings (SSSR count). The van der Waals surface area contributed by atoms with E-state index in [2.05, 4.69) is 5.32 Å². The molecule has 4 N–H and O–H groups in total. The highest BCUT2D eigenvalue weighted by molar-refractivity contribution is 6.33.